The lowest BCUT2D eigenvalue weighted by molar-refractivity contribution is 1.11. The minimum Gasteiger partial charge on any atom is -0.378 e. The standard InChI is InChI=1S/C14H17ClN2S/c1-10-6-7-18-14(10)9-16-12-8-11(15)4-5-13(12)17(2)3/h4-8,16H,9H2,1-3H3. The van der Waals surface area contributed by atoms with Crippen LogP contribution in [0.15, 0.2) is 29.6 Å². The van der Waals surface area contributed by atoms with Crippen molar-refractivity contribution in [2.24, 2.45) is 0 Å². The van der Waals surface area contributed by atoms with Gasteiger partial charge in [0.15, 0.2) is 0 Å². The molecule has 2 rings (SSSR count). The maximum absolute atomic E-state index is 6.06. The summed E-state index contributed by atoms with van der Waals surface area (Å²) in [5.74, 6) is 0. The van der Waals surface area contributed by atoms with Crippen molar-refractivity contribution >= 4 is 34.3 Å². The van der Waals surface area contributed by atoms with Gasteiger partial charge in [0.25, 0.3) is 0 Å². The van der Waals surface area contributed by atoms with E-state index in [9.17, 15) is 0 Å². The third-order valence-electron chi connectivity index (χ3n) is 2.85. The van der Waals surface area contributed by atoms with E-state index >= 15 is 0 Å². The Balaban J connectivity index is 2.18. The minimum atomic E-state index is 0.756. The summed E-state index contributed by atoms with van der Waals surface area (Å²) >= 11 is 7.84. The molecule has 0 aliphatic carbocycles. The maximum atomic E-state index is 6.06. The van der Waals surface area contributed by atoms with Gasteiger partial charge in [-0.05, 0) is 42.1 Å². The van der Waals surface area contributed by atoms with Crippen LogP contribution in [0.2, 0.25) is 5.02 Å². The SMILES string of the molecule is Cc1ccsc1CNc1cc(Cl)ccc1N(C)C. The quantitative estimate of drug-likeness (QED) is 0.894. The molecule has 0 saturated carbocycles. The summed E-state index contributed by atoms with van der Waals surface area (Å²) in [5.41, 5.74) is 3.55. The van der Waals surface area contributed by atoms with Crippen LogP contribution < -0.4 is 10.2 Å². The second-order valence-corrected chi connectivity index (χ2v) is 5.87. The number of aryl methyl sites for hydroxylation is 1. The Morgan fingerprint density at radius 3 is 2.67 bits per heavy atom. The average Bonchev–Trinajstić information content (AvgIpc) is 2.72. The smallest absolute Gasteiger partial charge is 0.0597 e. The molecule has 18 heavy (non-hydrogen) atoms. The summed E-state index contributed by atoms with van der Waals surface area (Å²) in [5, 5.41) is 6.34. The van der Waals surface area contributed by atoms with Crippen LogP contribution in [-0.4, -0.2) is 14.1 Å². The molecule has 1 N–H and O–H groups in total. The zero-order chi connectivity index (χ0) is 13.1. The van der Waals surface area contributed by atoms with Crippen LogP contribution in [0.5, 0.6) is 0 Å². The number of nitrogens with one attached hydrogen (secondary N) is 1. The van der Waals surface area contributed by atoms with Gasteiger partial charge < -0.3 is 10.2 Å². The normalized spacial score (nSPS) is 10.4. The monoisotopic (exact) mass is 280 g/mol. The fourth-order valence-corrected chi connectivity index (χ4v) is 2.82. The Kier molecular flexibility index (Phi) is 4.15. The van der Waals surface area contributed by atoms with Gasteiger partial charge in [-0.15, -0.1) is 11.3 Å². The molecule has 0 aliphatic rings. The molecule has 0 spiro atoms. The molecule has 0 radical (unpaired) electrons. The van der Waals surface area contributed by atoms with Gasteiger partial charge in [-0.3, -0.25) is 0 Å². The molecule has 0 amide bonds. The number of thiophene rings is 1. The second kappa shape index (κ2) is 5.63. The molecule has 1 aromatic carbocycles. The van der Waals surface area contributed by atoms with Crippen molar-refractivity contribution in [1.82, 2.24) is 0 Å². The third-order valence-corrected chi connectivity index (χ3v) is 4.11. The fraction of sp³-hybridized carbons (Fsp3) is 0.286. The lowest BCUT2D eigenvalue weighted by Crippen LogP contribution is -2.12. The van der Waals surface area contributed by atoms with E-state index in [1.165, 1.54) is 10.4 Å². The Labute approximate surface area is 117 Å². The van der Waals surface area contributed by atoms with Crippen LogP contribution in [0.3, 0.4) is 0 Å². The third kappa shape index (κ3) is 2.98. The molecule has 1 heterocycles. The van der Waals surface area contributed by atoms with Gasteiger partial charge in [-0.25, -0.2) is 0 Å². The molecule has 96 valence electrons. The van der Waals surface area contributed by atoms with E-state index in [1.54, 1.807) is 11.3 Å². The molecule has 0 atom stereocenters. The highest BCUT2D eigenvalue weighted by atomic mass is 35.5. The Hall–Kier alpha value is -1.19. The number of rotatable bonds is 4. The number of hydrogen-bond donors (Lipinski definition) is 1. The summed E-state index contributed by atoms with van der Waals surface area (Å²) < 4.78 is 0. The first-order chi connectivity index (χ1) is 8.58. The van der Waals surface area contributed by atoms with Crippen molar-refractivity contribution in [3.05, 3.63) is 45.1 Å². The van der Waals surface area contributed by atoms with Gasteiger partial charge in [0, 0.05) is 30.5 Å². The minimum absolute atomic E-state index is 0.756. The predicted molar refractivity (Wildman–Crippen MR) is 82.2 cm³/mol. The van der Waals surface area contributed by atoms with Crippen LogP contribution >= 0.6 is 22.9 Å². The number of halogens is 1. The number of nitrogens with zero attached hydrogens (tertiary/aromatic N) is 1. The van der Waals surface area contributed by atoms with Crippen molar-refractivity contribution in [1.29, 1.82) is 0 Å². The van der Waals surface area contributed by atoms with Crippen molar-refractivity contribution < 1.29 is 0 Å². The second-order valence-electron chi connectivity index (χ2n) is 4.44. The van der Waals surface area contributed by atoms with Gasteiger partial charge in [0.1, 0.15) is 0 Å². The lowest BCUT2D eigenvalue weighted by Gasteiger charge is -2.18. The van der Waals surface area contributed by atoms with E-state index in [-0.39, 0.29) is 0 Å². The van der Waals surface area contributed by atoms with E-state index in [4.69, 9.17) is 11.6 Å². The highest BCUT2D eigenvalue weighted by molar-refractivity contribution is 7.10. The fourth-order valence-electron chi connectivity index (χ4n) is 1.80. The molecule has 0 fully saturated rings. The maximum Gasteiger partial charge on any atom is 0.0597 e. The molecular formula is C14H17ClN2S. The van der Waals surface area contributed by atoms with Crippen molar-refractivity contribution in [2.75, 3.05) is 24.3 Å². The molecule has 0 bridgehead atoms. The van der Waals surface area contributed by atoms with E-state index in [0.29, 0.717) is 0 Å². The summed E-state index contributed by atoms with van der Waals surface area (Å²) in [7, 11) is 4.07. The molecule has 2 nitrogen and oxygen atoms in total. The van der Waals surface area contributed by atoms with Crippen LogP contribution in [0.1, 0.15) is 10.4 Å². The number of hydrogen-bond acceptors (Lipinski definition) is 3. The van der Waals surface area contributed by atoms with Crippen LogP contribution in [-0.2, 0) is 6.54 Å². The van der Waals surface area contributed by atoms with Gasteiger partial charge >= 0.3 is 0 Å². The van der Waals surface area contributed by atoms with E-state index < -0.39 is 0 Å². The molecule has 2 aromatic rings. The van der Waals surface area contributed by atoms with Gasteiger partial charge in [-0.2, -0.15) is 0 Å². The topological polar surface area (TPSA) is 15.3 Å². The summed E-state index contributed by atoms with van der Waals surface area (Å²) in [6.07, 6.45) is 0. The van der Waals surface area contributed by atoms with Gasteiger partial charge in [0.05, 0.1) is 11.4 Å². The largest absolute Gasteiger partial charge is 0.378 e. The predicted octanol–water partition coefficient (Wildman–Crippen LogP) is 4.39. The molecule has 4 heteroatoms. The summed E-state index contributed by atoms with van der Waals surface area (Å²) in [6, 6.07) is 8.07. The highest BCUT2D eigenvalue weighted by Gasteiger charge is 2.06. The zero-order valence-electron chi connectivity index (χ0n) is 10.8. The first-order valence-electron chi connectivity index (χ1n) is 5.81. The molecule has 0 unspecified atom stereocenters. The van der Waals surface area contributed by atoms with E-state index in [1.807, 2.05) is 32.3 Å². The summed E-state index contributed by atoms with van der Waals surface area (Å²) in [4.78, 5) is 3.44. The molecular weight excluding hydrogens is 264 g/mol. The molecule has 0 aliphatic heterocycles. The first-order valence-corrected chi connectivity index (χ1v) is 7.07. The summed E-state index contributed by atoms with van der Waals surface area (Å²) in [6.45, 7) is 2.98. The molecule has 0 saturated heterocycles. The van der Waals surface area contributed by atoms with Gasteiger partial charge in [0.2, 0.25) is 0 Å². The highest BCUT2D eigenvalue weighted by Crippen LogP contribution is 2.29. The van der Waals surface area contributed by atoms with Crippen molar-refractivity contribution in [3.8, 4) is 0 Å². The van der Waals surface area contributed by atoms with Crippen LogP contribution in [0.25, 0.3) is 0 Å². The number of anilines is 2. The number of benzene rings is 1. The van der Waals surface area contributed by atoms with E-state index in [2.05, 4.69) is 28.6 Å². The first kappa shape index (κ1) is 13.2. The molecule has 1 aromatic heterocycles. The Morgan fingerprint density at radius 1 is 1.28 bits per heavy atom. The van der Waals surface area contributed by atoms with Crippen molar-refractivity contribution in [2.45, 2.75) is 13.5 Å². The van der Waals surface area contributed by atoms with E-state index in [0.717, 1.165) is 22.9 Å². The Bertz CT molecular complexity index is 534. The Morgan fingerprint density at radius 2 is 2.06 bits per heavy atom. The average molecular weight is 281 g/mol. The zero-order valence-corrected chi connectivity index (χ0v) is 12.4. The van der Waals surface area contributed by atoms with Gasteiger partial charge in [-0.1, -0.05) is 11.6 Å². The van der Waals surface area contributed by atoms with Crippen LogP contribution in [0.4, 0.5) is 11.4 Å². The van der Waals surface area contributed by atoms with Crippen LogP contribution in [0, 0.1) is 6.92 Å². The lowest BCUT2D eigenvalue weighted by atomic mass is 10.2. The van der Waals surface area contributed by atoms with Crippen molar-refractivity contribution in [3.63, 3.8) is 0 Å².